The van der Waals surface area contributed by atoms with Crippen LogP contribution in [0.1, 0.15) is 53.1 Å². The SMILES string of the molecule is COc1ccc([C@H]2C[C@@H](C(F)(F)F)n3nc(C(=O)Nc4ccc([C@@H](C)O)cc4)cc3N2)cc1. The third-order valence-corrected chi connectivity index (χ3v) is 5.59. The van der Waals surface area contributed by atoms with Crippen molar-refractivity contribution in [2.45, 2.75) is 37.7 Å². The Balaban J connectivity index is 1.59. The van der Waals surface area contributed by atoms with Crippen LogP contribution in [0.4, 0.5) is 24.7 Å². The number of nitrogens with zero attached hydrogens (tertiary/aromatic N) is 2. The smallest absolute Gasteiger partial charge is 0.410 e. The van der Waals surface area contributed by atoms with Gasteiger partial charge in [0.15, 0.2) is 11.7 Å². The third-order valence-electron chi connectivity index (χ3n) is 5.59. The molecule has 1 aromatic heterocycles. The highest BCUT2D eigenvalue weighted by Gasteiger charge is 2.46. The van der Waals surface area contributed by atoms with E-state index < -0.39 is 30.3 Å². The van der Waals surface area contributed by atoms with Crippen LogP contribution in [0.25, 0.3) is 0 Å². The van der Waals surface area contributed by atoms with Gasteiger partial charge < -0.3 is 20.5 Å². The molecular formula is C23H23F3N4O3. The molecule has 2 aromatic carbocycles. The zero-order valence-electron chi connectivity index (χ0n) is 17.9. The molecule has 1 aliphatic heterocycles. The van der Waals surface area contributed by atoms with E-state index in [9.17, 15) is 23.1 Å². The molecule has 33 heavy (non-hydrogen) atoms. The van der Waals surface area contributed by atoms with Crippen LogP contribution in [0, 0.1) is 0 Å². The van der Waals surface area contributed by atoms with Gasteiger partial charge in [0.1, 0.15) is 11.6 Å². The molecule has 3 atom stereocenters. The molecular weight excluding hydrogens is 437 g/mol. The molecule has 0 saturated carbocycles. The lowest BCUT2D eigenvalue weighted by molar-refractivity contribution is -0.173. The van der Waals surface area contributed by atoms with Crippen molar-refractivity contribution in [2.24, 2.45) is 0 Å². The topological polar surface area (TPSA) is 88.4 Å². The number of hydrogen-bond donors (Lipinski definition) is 3. The molecule has 0 fully saturated rings. The Labute approximate surface area is 188 Å². The molecule has 0 aliphatic carbocycles. The van der Waals surface area contributed by atoms with Crippen molar-refractivity contribution in [1.29, 1.82) is 0 Å². The van der Waals surface area contributed by atoms with Crippen molar-refractivity contribution in [1.82, 2.24) is 9.78 Å². The molecule has 0 spiro atoms. The van der Waals surface area contributed by atoms with Crippen LogP contribution in [-0.2, 0) is 0 Å². The maximum Gasteiger partial charge on any atom is 0.410 e. The van der Waals surface area contributed by atoms with E-state index in [1.807, 2.05) is 0 Å². The zero-order chi connectivity index (χ0) is 23.8. The molecule has 2 heterocycles. The van der Waals surface area contributed by atoms with Crippen LogP contribution in [0.2, 0.25) is 0 Å². The number of nitrogens with one attached hydrogen (secondary N) is 2. The molecule has 1 amide bonds. The van der Waals surface area contributed by atoms with E-state index in [4.69, 9.17) is 4.74 Å². The largest absolute Gasteiger partial charge is 0.497 e. The average Bonchev–Trinajstić information content (AvgIpc) is 3.22. The van der Waals surface area contributed by atoms with Crippen LogP contribution in [0.15, 0.2) is 54.6 Å². The second-order valence-corrected chi connectivity index (χ2v) is 7.87. The Kier molecular flexibility index (Phi) is 6.03. The van der Waals surface area contributed by atoms with E-state index in [1.165, 1.54) is 13.2 Å². The number of fused-ring (bicyclic) bond motifs is 1. The number of carbonyl (C=O) groups excluding carboxylic acids is 1. The summed E-state index contributed by atoms with van der Waals surface area (Å²) in [6, 6.07) is 12.1. The molecule has 3 aromatic rings. The minimum absolute atomic E-state index is 0.110. The van der Waals surface area contributed by atoms with Gasteiger partial charge in [0.25, 0.3) is 5.91 Å². The quantitative estimate of drug-likeness (QED) is 0.506. The van der Waals surface area contributed by atoms with Gasteiger partial charge in [0.2, 0.25) is 0 Å². The predicted molar refractivity (Wildman–Crippen MR) is 116 cm³/mol. The number of alkyl halides is 3. The van der Waals surface area contributed by atoms with Gasteiger partial charge >= 0.3 is 6.18 Å². The first-order valence-corrected chi connectivity index (χ1v) is 10.3. The molecule has 1 aliphatic rings. The number of rotatable bonds is 5. The lowest BCUT2D eigenvalue weighted by atomic mass is 9.97. The minimum atomic E-state index is -4.54. The summed E-state index contributed by atoms with van der Waals surface area (Å²) in [6.07, 6.45) is -5.47. The fraction of sp³-hybridized carbons (Fsp3) is 0.304. The van der Waals surface area contributed by atoms with Crippen molar-refractivity contribution >= 4 is 17.4 Å². The number of methoxy groups -OCH3 is 1. The number of halogens is 3. The maximum absolute atomic E-state index is 13.9. The maximum atomic E-state index is 13.9. The van der Waals surface area contributed by atoms with E-state index >= 15 is 0 Å². The molecule has 0 bridgehead atoms. The lowest BCUT2D eigenvalue weighted by Gasteiger charge is -2.33. The summed E-state index contributed by atoms with van der Waals surface area (Å²) >= 11 is 0. The number of ether oxygens (including phenoxy) is 1. The molecule has 174 valence electrons. The molecule has 3 N–H and O–H groups in total. The van der Waals surface area contributed by atoms with Crippen molar-refractivity contribution in [3.63, 3.8) is 0 Å². The highest BCUT2D eigenvalue weighted by molar-refractivity contribution is 6.03. The monoisotopic (exact) mass is 460 g/mol. The minimum Gasteiger partial charge on any atom is -0.497 e. The fourth-order valence-electron chi connectivity index (χ4n) is 3.78. The number of anilines is 2. The van der Waals surface area contributed by atoms with Crippen LogP contribution >= 0.6 is 0 Å². The van der Waals surface area contributed by atoms with Gasteiger partial charge in [-0.1, -0.05) is 24.3 Å². The van der Waals surface area contributed by atoms with Gasteiger partial charge in [0.05, 0.1) is 19.3 Å². The molecule has 0 saturated heterocycles. The number of carbonyl (C=O) groups is 1. The summed E-state index contributed by atoms with van der Waals surface area (Å²) in [7, 11) is 1.51. The second kappa shape index (κ2) is 8.78. The van der Waals surface area contributed by atoms with Crippen molar-refractivity contribution < 1.29 is 27.8 Å². The predicted octanol–water partition coefficient (Wildman–Crippen LogP) is 4.86. The van der Waals surface area contributed by atoms with E-state index in [1.54, 1.807) is 55.5 Å². The first-order chi connectivity index (χ1) is 15.7. The highest BCUT2D eigenvalue weighted by atomic mass is 19.4. The number of aliphatic hydroxyl groups is 1. The zero-order valence-corrected chi connectivity index (χ0v) is 17.9. The van der Waals surface area contributed by atoms with E-state index in [2.05, 4.69) is 15.7 Å². The normalized spacial score (nSPS) is 18.7. The molecule has 0 radical (unpaired) electrons. The van der Waals surface area contributed by atoms with Gasteiger partial charge in [-0.25, -0.2) is 4.68 Å². The summed E-state index contributed by atoms with van der Waals surface area (Å²) in [5.41, 5.74) is 1.64. The number of amides is 1. The second-order valence-electron chi connectivity index (χ2n) is 7.87. The number of aliphatic hydroxyl groups excluding tert-OH is 1. The number of benzene rings is 2. The molecule has 10 heteroatoms. The summed E-state index contributed by atoms with van der Waals surface area (Å²) in [5, 5.41) is 19.2. The first-order valence-electron chi connectivity index (χ1n) is 10.3. The van der Waals surface area contributed by atoms with Crippen LogP contribution in [0.5, 0.6) is 5.75 Å². The fourth-order valence-corrected chi connectivity index (χ4v) is 3.78. The highest BCUT2D eigenvalue weighted by Crippen LogP contribution is 2.43. The summed E-state index contributed by atoms with van der Waals surface area (Å²) in [5.74, 6) is 0.0804. The van der Waals surface area contributed by atoms with E-state index in [0.29, 0.717) is 22.6 Å². The molecule has 7 nitrogen and oxygen atoms in total. The van der Waals surface area contributed by atoms with Crippen LogP contribution < -0.4 is 15.4 Å². The average molecular weight is 460 g/mol. The molecule has 4 rings (SSSR count). The van der Waals surface area contributed by atoms with Gasteiger partial charge in [-0.05, 0) is 42.3 Å². The van der Waals surface area contributed by atoms with Crippen molar-refractivity contribution in [3.05, 3.63) is 71.4 Å². The molecule has 0 unspecified atom stereocenters. The third kappa shape index (κ3) is 4.80. The van der Waals surface area contributed by atoms with Gasteiger partial charge in [-0.3, -0.25) is 4.79 Å². The Morgan fingerprint density at radius 2 is 1.88 bits per heavy atom. The summed E-state index contributed by atoms with van der Waals surface area (Å²) in [6.45, 7) is 1.62. The summed E-state index contributed by atoms with van der Waals surface area (Å²) < 4.78 is 47.5. The van der Waals surface area contributed by atoms with Gasteiger partial charge in [-0.2, -0.15) is 18.3 Å². The number of hydrogen-bond acceptors (Lipinski definition) is 5. The lowest BCUT2D eigenvalue weighted by Crippen LogP contribution is -2.35. The van der Waals surface area contributed by atoms with Crippen LogP contribution in [-0.4, -0.2) is 34.1 Å². The van der Waals surface area contributed by atoms with Gasteiger partial charge in [0, 0.05) is 18.2 Å². The number of aromatic nitrogens is 2. The van der Waals surface area contributed by atoms with Gasteiger partial charge in [-0.15, -0.1) is 0 Å². The standard InChI is InChI=1S/C23H23F3N4O3/c1-13(31)14-3-7-16(8-4-14)27-22(32)19-12-21-28-18(15-5-9-17(33-2)10-6-15)11-20(23(24,25)26)30(21)29-19/h3-10,12-13,18,20,28,31H,11H2,1-2H3,(H,27,32)/t13-,18-,20+/m1/s1. The Hall–Kier alpha value is -3.53. The Bertz CT molecular complexity index is 1130. The first kappa shape index (κ1) is 22.7. The Morgan fingerprint density at radius 1 is 1.21 bits per heavy atom. The van der Waals surface area contributed by atoms with E-state index in [-0.39, 0.29) is 17.9 Å². The summed E-state index contributed by atoms with van der Waals surface area (Å²) in [4.78, 5) is 12.7. The van der Waals surface area contributed by atoms with Crippen molar-refractivity contribution in [3.8, 4) is 5.75 Å². The van der Waals surface area contributed by atoms with Crippen molar-refractivity contribution in [2.75, 3.05) is 17.7 Å². The van der Waals surface area contributed by atoms with E-state index in [0.717, 1.165) is 4.68 Å². The van der Waals surface area contributed by atoms with Crippen LogP contribution in [0.3, 0.4) is 0 Å². The Morgan fingerprint density at radius 3 is 2.45 bits per heavy atom.